The summed E-state index contributed by atoms with van der Waals surface area (Å²) in [7, 11) is 1.53. The van der Waals surface area contributed by atoms with Crippen molar-refractivity contribution in [2.75, 3.05) is 30.9 Å². The average molecular weight is 366 g/mol. The molecule has 0 aliphatic rings. The van der Waals surface area contributed by atoms with E-state index in [4.69, 9.17) is 5.73 Å². The highest BCUT2D eigenvalue weighted by Crippen LogP contribution is 2.17. The molecule has 8 heteroatoms. The van der Waals surface area contributed by atoms with Crippen molar-refractivity contribution >= 4 is 35.3 Å². The van der Waals surface area contributed by atoms with Gasteiger partial charge in [0.25, 0.3) is 0 Å². The second-order valence-corrected chi connectivity index (χ2v) is 6.82. The van der Waals surface area contributed by atoms with Crippen molar-refractivity contribution in [3.05, 3.63) is 29.3 Å². The van der Waals surface area contributed by atoms with Crippen LogP contribution in [0.25, 0.3) is 0 Å². The minimum Gasteiger partial charge on any atom is -0.352 e. The monoisotopic (exact) mass is 366 g/mol. The normalized spacial score (nSPS) is 11.5. The van der Waals surface area contributed by atoms with Gasteiger partial charge in [-0.2, -0.15) is 11.8 Å². The van der Waals surface area contributed by atoms with E-state index in [0.29, 0.717) is 12.2 Å². The van der Waals surface area contributed by atoms with Gasteiger partial charge in [0.2, 0.25) is 11.8 Å². The van der Waals surface area contributed by atoms with E-state index in [2.05, 4.69) is 10.6 Å². The van der Waals surface area contributed by atoms with Gasteiger partial charge in [-0.05, 0) is 49.5 Å². The summed E-state index contributed by atoms with van der Waals surface area (Å²) >= 11 is 1.56. The number of benzene rings is 1. The fourth-order valence-electron chi connectivity index (χ4n) is 2.30. The Bertz CT molecular complexity index is 636. The lowest BCUT2D eigenvalue weighted by atomic mass is 10.1. The standard InChI is InChI=1S/C17H26N4O3S/c1-11-6-5-7-13(12(11)2)19-15(22)10-21(3)16(23)14(8-9-25-4)20-17(18)24/h5-7,14H,8-10H2,1-4H3,(H,19,22)(H3,18,20,24)/t14-/m0/s1. The number of urea groups is 1. The lowest BCUT2D eigenvalue weighted by Gasteiger charge is -2.23. The van der Waals surface area contributed by atoms with Crippen molar-refractivity contribution in [1.29, 1.82) is 0 Å². The fourth-order valence-corrected chi connectivity index (χ4v) is 2.77. The van der Waals surface area contributed by atoms with Crippen LogP contribution in [-0.4, -0.2) is 54.4 Å². The largest absolute Gasteiger partial charge is 0.352 e. The number of thioether (sulfide) groups is 1. The van der Waals surface area contributed by atoms with E-state index in [-0.39, 0.29) is 18.4 Å². The van der Waals surface area contributed by atoms with Gasteiger partial charge in [0.1, 0.15) is 6.04 Å². The minimum atomic E-state index is -0.757. The van der Waals surface area contributed by atoms with Crippen molar-refractivity contribution in [2.24, 2.45) is 5.73 Å². The number of rotatable bonds is 8. The van der Waals surface area contributed by atoms with Crippen LogP contribution in [0.15, 0.2) is 18.2 Å². The number of amides is 4. The summed E-state index contributed by atoms with van der Waals surface area (Å²) in [6, 6.07) is 4.16. The highest BCUT2D eigenvalue weighted by atomic mass is 32.2. The van der Waals surface area contributed by atoms with E-state index in [9.17, 15) is 14.4 Å². The number of primary amides is 1. The molecular formula is C17H26N4O3S. The van der Waals surface area contributed by atoms with Crippen LogP contribution >= 0.6 is 11.8 Å². The highest BCUT2D eigenvalue weighted by Gasteiger charge is 2.24. The van der Waals surface area contributed by atoms with Gasteiger partial charge in [0, 0.05) is 12.7 Å². The van der Waals surface area contributed by atoms with E-state index in [0.717, 1.165) is 16.8 Å². The van der Waals surface area contributed by atoms with Gasteiger partial charge in [-0.25, -0.2) is 4.79 Å². The quantitative estimate of drug-likeness (QED) is 0.648. The van der Waals surface area contributed by atoms with E-state index >= 15 is 0 Å². The third-order valence-corrected chi connectivity index (χ3v) is 4.50. The van der Waals surface area contributed by atoms with Gasteiger partial charge in [0.05, 0.1) is 6.54 Å². The second-order valence-electron chi connectivity index (χ2n) is 5.83. The zero-order valence-corrected chi connectivity index (χ0v) is 15.9. The van der Waals surface area contributed by atoms with E-state index in [1.165, 1.54) is 11.9 Å². The van der Waals surface area contributed by atoms with E-state index in [1.54, 1.807) is 11.8 Å². The molecule has 0 spiro atoms. The summed E-state index contributed by atoms with van der Waals surface area (Å²) in [6.07, 6.45) is 2.36. The van der Waals surface area contributed by atoms with Crippen LogP contribution in [0.2, 0.25) is 0 Å². The van der Waals surface area contributed by atoms with Gasteiger partial charge in [0.15, 0.2) is 0 Å². The van der Waals surface area contributed by atoms with Gasteiger partial charge in [-0.3, -0.25) is 9.59 Å². The Balaban J connectivity index is 2.69. The van der Waals surface area contributed by atoms with Crippen molar-refractivity contribution < 1.29 is 14.4 Å². The van der Waals surface area contributed by atoms with Crippen LogP contribution in [0, 0.1) is 13.8 Å². The molecule has 0 aliphatic carbocycles. The third kappa shape index (κ3) is 6.66. The topological polar surface area (TPSA) is 105 Å². The molecule has 0 unspecified atom stereocenters. The summed E-state index contributed by atoms with van der Waals surface area (Å²) in [5.74, 6) is 0.0513. The van der Waals surface area contributed by atoms with Crippen molar-refractivity contribution in [1.82, 2.24) is 10.2 Å². The molecule has 4 N–H and O–H groups in total. The summed E-state index contributed by atoms with van der Waals surface area (Å²) in [5, 5.41) is 5.25. The SMILES string of the molecule is CSCC[C@H](NC(N)=O)C(=O)N(C)CC(=O)Nc1cccc(C)c1C. The Morgan fingerprint density at radius 2 is 1.96 bits per heavy atom. The van der Waals surface area contributed by atoms with Gasteiger partial charge < -0.3 is 21.3 Å². The molecule has 1 rings (SSSR count). The Morgan fingerprint density at radius 3 is 2.56 bits per heavy atom. The molecule has 1 atom stereocenters. The lowest BCUT2D eigenvalue weighted by Crippen LogP contribution is -2.50. The van der Waals surface area contributed by atoms with Crippen LogP contribution in [0.4, 0.5) is 10.5 Å². The predicted molar refractivity (Wildman–Crippen MR) is 102 cm³/mol. The molecule has 0 saturated heterocycles. The van der Waals surface area contributed by atoms with Crippen LogP contribution in [-0.2, 0) is 9.59 Å². The van der Waals surface area contributed by atoms with Crippen molar-refractivity contribution in [2.45, 2.75) is 26.3 Å². The molecule has 0 saturated carbocycles. The van der Waals surface area contributed by atoms with Crippen LogP contribution < -0.4 is 16.4 Å². The maximum atomic E-state index is 12.5. The molecule has 0 fully saturated rings. The van der Waals surface area contributed by atoms with E-state index in [1.807, 2.05) is 38.3 Å². The smallest absolute Gasteiger partial charge is 0.312 e. The third-order valence-electron chi connectivity index (χ3n) is 3.86. The molecule has 0 aromatic heterocycles. The number of hydrogen-bond donors (Lipinski definition) is 3. The molecule has 138 valence electrons. The lowest BCUT2D eigenvalue weighted by molar-refractivity contribution is -0.135. The molecular weight excluding hydrogens is 340 g/mol. The first-order chi connectivity index (χ1) is 11.8. The van der Waals surface area contributed by atoms with Crippen LogP contribution in [0.3, 0.4) is 0 Å². The first-order valence-corrected chi connectivity index (χ1v) is 9.31. The molecule has 0 heterocycles. The van der Waals surface area contributed by atoms with Gasteiger partial charge >= 0.3 is 6.03 Å². The Kier molecular flexibility index (Phi) is 8.27. The molecule has 25 heavy (non-hydrogen) atoms. The van der Waals surface area contributed by atoms with Crippen molar-refractivity contribution in [3.63, 3.8) is 0 Å². The number of nitrogens with two attached hydrogens (primary N) is 1. The van der Waals surface area contributed by atoms with Crippen LogP contribution in [0.5, 0.6) is 0 Å². The average Bonchev–Trinajstić information content (AvgIpc) is 2.54. The first kappa shape index (κ1) is 20.8. The number of carbonyl (C=O) groups is 3. The second kappa shape index (κ2) is 9.93. The first-order valence-electron chi connectivity index (χ1n) is 7.92. The molecule has 7 nitrogen and oxygen atoms in total. The predicted octanol–water partition coefficient (Wildman–Crippen LogP) is 1.49. The summed E-state index contributed by atoms with van der Waals surface area (Å²) in [6.45, 7) is 3.78. The summed E-state index contributed by atoms with van der Waals surface area (Å²) in [5.41, 5.74) is 7.91. The zero-order valence-electron chi connectivity index (χ0n) is 15.1. The Hall–Kier alpha value is -2.22. The molecule has 0 aliphatic heterocycles. The number of hydrogen-bond acceptors (Lipinski definition) is 4. The molecule has 1 aromatic rings. The Labute approximate surface area is 152 Å². The van der Waals surface area contributed by atoms with Crippen LogP contribution in [0.1, 0.15) is 17.5 Å². The maximum absolute atomic E-state index is 12.5. The summed E-state index contributed by atoms with van der Waals surface area (Å²) in [4.78, 5) is 37.1. The minimum absolute atomic E-state index is 0.109. The highest BCUT2D eigenvalue weighted by molar-refractivity contribution is 7.98. The summed E-state index contributed by atoms with van der Waals surface area (Å²) < 4.78 is 0. The molecule has 0 bridgehead atoms. The maximum Gasteiger partial charge on any atom is 0.312 e. The van der Waals surface area contributed by atoms with Gasteiger partial charge in [-0.1, -0.05) is 12.1 Å². The fraction of sp³-hybridized carbons (Fsp3) is 0.471. The Morgan fingerprint density at radius 1 is 1.28 bits per heavy atom. The van der Waals surface area contributed by atoms with E-state index < -0.39 is 12.1 Å². The number of anilines is 1. The number of nitrogens with one attached hydrogen (secondary N) is 2. The number of carbonyl (C=O) groups excluding carboxylic acids is 3. The molecule has 4 amide bonds. The number of aryl methyl sites for hydroxylation is 1. The van der Waals surface area contributed by atoms with Crippen molar-refractivity contribution in [3.8, 4) is 0 Å². The zero-order chi connectivity index (χ0) is 19.0. The molecule has 0 radical (unpaired) electrons. The number of likely N-dealkylation sites (N-methyl/N-ethyl adjacent to an activating group) is 1. The number of nitrogens with zero attached hydrogens (tertiary/aromatic N) is 1. The van der Waals surface area contributed by atoms with Gasteiger partial charge in [-0.15, -0.1) is 0 Å². The molecule has 1 aromatic carbocycles.